The van der Waals surface area contributed by atoms with E-state index in [0.717, 1.165) is 39.0 Å². The lowest BCUT2D eigenvalue weighted by Crippen LogP contribution is -2.28. The second kappa shape index (κ2) is 10.4. The van der Waals surface area contributed by atoms with Crippen LogP contribution in [0.3, 0.4) is 0 Å². The normalized spacial score (nSPS) is 13.1. The maximum Gasteiger partial charge on any atom is 0.159 e. The summed E-state index contributed by atoms with van der Waals surface area (Å²) in [5, 5.41) is 2.24. The van der Waals surface area contributed by atoms with Gasteiger partial charge in [-0.2, -0.15) is 0 Å². The minimum atomic E-state index is -0.478. The molecule has 7 aromatic carbocycles. The Morgan fingerprint density at radius 3 is 1.89 bits per heavy atom. The van der Waals surface area contributed by atoms with Crippen LogP contribution >= 0.6 is 0 Å². The molecule has 1 heterocycles. The summed E-state index contributed by atoms with van der Waals surface area (Å²) in [6, 6.07) is 61.4. The summed E-state index contributed by atoms with van der Waals surface area (Å²) in [7, 11) is 0. The summed E-state index contributed by atoms with van der Waals surface area (Å²) in [5.41, 5.74) is 13.3. The molecule has 8 aromatic rings. The molecule has 1 aliphatic rings. The van der Waals surface area contributed by atoms with Gasteiger partial charge in [-0.1, -0.05) is 133 Å². The van der Waals surface area contributed by atoms with Gasteiger partial charge in [0.25, 0.3) is 0 Å². The van der Waals surface area contributed by atoms with Crippen molar-refractivity contribution in [3.8, 4) is 11.1 Å². The summed E-state index contributed by atoms with van der Waals surface area (Å²) in [5.74, 6) is 0. The standard InChI is InChI=1S/C44H31NO/c1-30-14-12-19-33(28-30)45(41-24-13-22-38-37-21-9-11-25-42(37)46-43(38)41)34-26-27-36-35-20-8-10-23-39(35)44(40(36)29-34,31-15-4-2-5-16-31)32-17-6-3-7-18-32/h2-29H,1H3. The zero-order valence-electron chi connectivity index (χ0n) is 25.5. The lowest BCUT2D eigenvalue weighted by Gasteiger charge is -2.35. The van der Waals surface area contributed by atoms with Crippen LogP contribution < -0.4 is 4.90 Å². The van der Waals surface area contributed by atoms with Crippen LogP contribution in [0, 0.1) is 6.92 Å². The fraction of sp³-hybridized carbons (Fsp3) is 0.0455. The van der Waals surface area contributed by atoms with Crippen LogP contribution in [0.2, 0.25) is 0 Å². The van der Waals surface area contributed by atoms with Gasteiger partial charge in [-0.15, -0.1) is 0 Å². The molecule has 0 spiro atoms. The molecule has 9 rings (SSSR count). The van der Waals surface area contributed by atoms with Crippen molar-refractivity contribution in [1.82, 2.24) is 0 Å². The predicted octanol–water partition coefficient (Wildman–Crippen LogP) is 11.7. The van der Waals surface area contributed by atoms with Crippen LogP contribution in [0.4, 0.5) is 17.1 Å². The number of rotatable bonds is 5. The highest BCUT2D eigenvalue weighted by Crippen LogP contribution is 2.57. The Hall–Kier alpha value is -5.86. The van der Waals surface area contributed by atoms with E-state index in [0.29, 0.717) is 0 Å². The van der Waals surface area contributed by atoms with E-state index < -0.39 is 5.41 Å². The van der Waals surface area contributed by atoms with Gasteiger partial charge in [-0.3, -0.25) is 0 Å². The van der Waals surface area contributed by atoms with Crippen LogP contribution in [0.25, 0.3) is 33.1 Å². The average Bonchev–Trinajstić information content (AvgIpc) is 3.64. The van der Waals surface area contributed by atoms with Gasteiger partial charge >= 0.3 is 0 Å². The number of hydrogen-bond donors (Lipinski definition) is 0. The largest absolute Gasteiger partial charge is 0.454 e. The third-order valence-electron chi connectivity index (χ3n) is 9.58. The number of furan rings is 1. The molecule has 0 unspecified atom stereocenters. The minimum Gasteiger partial charge on any atom is -0.454 e. The predicted molar refractivity (Wildman–Crippen MR) is 190 cm³/mol. The first kappa shape index (κ1) is 26.5. The quantitative estimate of drug-likeness (QED) is 0.199. The van der Waals surface area contributed by atoms with Crippen LogP contribution in [-0.4, -0.2) is 0 Å². The van der Waals surface area contributed by atoms with Crippen molar-refractivity contribution in [3.63, 3.8) is 0 Å². The summed E-state index contributed by atoms with van der Waals surface area (Å²) in [4.78, 5) is 2.36. The van der Waals surface area contributed by atoms with Crippen LogP contribution in [0.15, 0.2) is 174 Å². The van der Waals surface area contributed by atoms with Crippen LogP contribution in [-0.2, 0) is 5.41 Å². The zero-order chi connectivity index (χ0) is 30.7. The first-order valence-electron chi connectivity index (χ1n) is 15.9. The minimum absolute atomic E-state index is 0.478. The molecule has 218 valence electrons. The molecular formula is C44H31NO. The second-order valence-corrected chi connectivity index (χ2v) is 12.2. The lowest BCUT2D eigenvalue weighted by atomic mass is 9.67. The number of nitrogens with zero attached hydrogens (tertiary/aromatic N) is 1. The Kier molecular flexibility index (Phi) is 5.97. The summed E-state index contributed by atoms with van der Waals surface area (Å²) >= 11 is 0. The molecule has 0 atom stereocenters. The molecule has 0 radical (unpaired) electrons. The second-order valence-electron chi connectivity index (χ2n) is 12.2. The van der Waals surface area contributed by atoms with Gasteiger partial charge in [0.05, 0.1) is 11.1 Å². The number of aryl methyl sites for hydroxylation is 1. The highest BCUT2D eigenvalue weighted by atomic mass is 16.3. The first-order chi connectivity index (χ1) is 22.7. The molecule has 0 amide bonds. The Labute approximate surface area is 268 Å². The summed E-state index contributed by atoms with van der Waals surface area (Å²) < 4.78 is 6.62. The van der Waals surface area contributed by atoms with E-state index in [1.807, 2.05) is 6.07 Å². The molecule has 0 bridgehead atoms. The van der Waals surface area contributed by atoms with Crippen LogP contribution in [0.5, 0.6) is 0 Å². The Bertz CT molecular complexity index is 2350. The Morgan fingerprint density at radius 2 is 1.11 bits per heavy atom. The molecule has 1 aliphatic carbocycles. The van der Waals surface area contributed by atoms with Crippen molar-refractivity contribution < 1.29 is 4.42 Å². The maximum absolute atomic E-state index is 6.62. The number of para-hydroxylation sites is 2. The van der Waals surface area contributed by atoms with E-state index in [1.165, 1.54) is 38.9 Å². The van der Waals surface area contributed by atoms with Crippen molar-refractivity contribution in [3.05, 3.63) is 198 Å². The fourth-order valence-corrected chi connectivity index (χ4v) is 7.67. The maximum atomic E-state index is 6.62. The summed E-state index contributed by atoms with van der Waals surface area (Å²) in [6.07, 6.45) is 0. The van der Waals surface area contributed by atoms with E-state index in [-0.39, 0.29) is 0 Å². The topological polar surface area (TPSA) is 16.4 Å². The number of fused-ring (bicyclic) bond motifs is 6. The molecule has 0 saturated carbocycles. The highest BCUT2D eigenvalue weighted by molar-refractivity contribution is 6.10. The van der Waals surface area contributed by atoms with E-state index in [1.54, 1.807) is 0 Å². The van der Waals surface area contributed by atoms with E-state index in [2.05, 4.69) is 176 Å². The molecule has 1 aromatic heterocycles. The van der Waals surface area contributed by atoms with Crippen molar-refractivity contribution in [2.45, 2.75) is 12.3 Å². The molecule has 46 heavy (non-hydrogen) atoms. The Balaban J connectivity index is 1.36. The Morgan fingerprint density at radius 1 is 0.478 bits per heavy atom. The van der Waals surface area contributed by atoms with Gasteiger partial charge in [-0.05, 0) is 82.3 Å². The van der Waals surface area contributed by atoms with E-state index in [9.17, 15) is 0 Å². The molecule has 2 nitrogen and oxygen atoms in total. The summed E-state index contributed by atoms with van der Waals surface area (Å²) in [6.45, 7) is 2.15. The lowest BCUT2D eigenvalue weighted by molar-refractivity contribution is 0.669. The van der Waals surface area contributed by atoms with Gasteiger partial charge in [0.15, 0.2) is 5.58 Å². The van der Waals surface area contributed by atoms with Crippen molar-refractivity contribution in [2.75, 3.05) is 4.90 Å². The van der Waals surface area contributed by atoms with E-state index >= 15 is 0 Å². The van der Waals surface area contributed by atoms with Gasteiger partial charge in [0.1, 0.15) is 5.58 Å². The highest BCUT2D eigenvalue weighted by Gasteiger charge is 2.46. The average molecular weight is 590 g/mol. The van der Waals surface area contributed by atoms with Gasteiger partial charge < -0.3 is 9.32 Å². The SMILES string of the molecule is Cc1cccc(N(c2ccc3c(c2)C(c2ccccc2)(c2ccccc2)c2ccccc2-3)c2cccc3c2oc2ccccc23)c1. The molecular weight excluding hydrogens is 558 g/mol. The molecule has 0 N–H and O–H groups in total. The van der Waals surface area contributed by atoms with Crippen LogP contribution in [0.1, 0.15) is 27.8 Å². The molecule has 2 heteroatoms. The zero-order valence-corrected chi connectivity index (χ0v) is 25.5. The van der Waals surface area contributed by atoms with Gasteiger partial charge in [-0.25, -0.2) is 0 Å². The molecule has 0 saturated heterocycles. The monoisotopic (exact) mass is 589 g/mol. The number of hydrogen-bond acceptors (Lipinski definition) is 2. The number of benzene rings is 7. The smallest absolute Gasteiger partial charge is 0.159 e. The van der Waals surface area contributed by atoms with Gasteiger partial charge in [0.2, 0.25) is 0 Å². The third-order valence-corrected chi connectivity index (χ3v) is 9.58. The van der Waals surface area contributed by atoms with Gasteiger partial charge in [0, 0.05) is 22.1 Å². The third kappa shape index (κ3) is 3.83. The number of anilines is 3. The van der Waals surface area contributed by atoms with Crippen molar-refractivity contribution >= 4 is 39.0 Å². The molecule has 0 fully saturated rings. The van der Waals surface area contributed by atoms with Crippen molar-refractivity contribution in [1.29, 1.82) is 0 Å². The van der Waals surface area contributed by atoms with E-state index in [4.69, 9.17) is 4.42 Å². The fourth-order valence-electron chi connectivity index (χ4n) is 7.67. The van der Waals surface area contributed by atoms with Crippen molar-refractivity contribution in [2.24, 2.45) is 0 Å². The molecule has 0 aliphatic heterocycles. The first-order valence-corrected chi connectivity index (χ1v) is 15.9.